The van der Waals surface area contributed by atoms with Crippen LogP contribution in [0, 0.1) is 0 Å². The Kier molecular flexibility index (Phi) is 1.70. The predicted octanol–water partition coefficient (Wildman–Crippen LogP) is 1.74. The van der Waals surface area contributed by atoms with Crippen LogP contribution in [0.3, 0.4) is 0 Å². The molecule has 3 nitrogen and oxygen atoms in total. The number of nitrogens with zero attached hydrogens (tertiary/aromatic N) is 1. The number of para-hydroxylation sites is 1. The molecule has 1 aromatic rings. The molecule has 0 amide bonds. The normalized spacial score (nSPS) is 24.4. The Balaban J connectivity index is 1.78. The van der Waals surface area contributed by atoms with Crippen LogP contribution in [-0.4, -0.2) is 17.8 Å². The first kappa shape index (κ1) is 7.88. The van der Waals surface area contributed by atoms with Crippen molar-refractivity contribution in [2.45, 2.75) is 12.6 Å². The van der Waals surface area contributed by atoms with Gasteiger partial charge in [0.1, 0.15) is 12.4 Å². The maximum Gasteiger partial charge on any atom is 0.118 e. The molecular weight excluding hydrogens is 176 g/mol. The van der Waals surface area contributed by atoms with Crippen molar-refractivity contribution in [2.75, 3.05) is 11.9 Å². The van der Waals surface area contributed by atoms with Crippen molar-refractivity contribution >= 4 is 5.69 Å². The Bertz CT molecular complexity index is 342. The quantitative estimate of drug-likeness (QED) is 0.726. The van der Waals surface area contributed by atoms with E-state index in [4.69, 9.17) is 4.84 Å². The third kappa shape index (κ3) is 1.17. The van der Waals surface area contributed by atoms with Crippen LogP contribution in [0.2, 0.25) is 0 Å². The number of benzene rings is 1. The summed E-state index contributed by atoms with van der Waals surface area (Å²) >= 11 is 0. The van der Waals surface area contributed by atoms with E-state index in [1.165, 1.54) is 11.3 Å². The second kappa shape index (κ2) is 3.03. The minimum Gasteiger partial charge on any atom is -0.412 e. The molecule has 1 unspecified atom stereocenters. The second-order valence-electron chi connectivity index (χ2n) is 3.60. The Morgan fingerprint density at radius 3 is 3.07 bits per heavy atom. The lowest BCUT2D eigenvalue weighted by molar-refractivity contribution is -0.101. The summed E-state index contributed by atoms with van der Waals surface area (Å²) in [6, 6.07) is 8.40. The van der Waals surface area contributed by atoms with Gasteiger partial charge in [0, 0.05) is 12.1 Å². The van der Waals surface area contributed by atoms with Crippen molar-refractivity contribution in [1.82, 2.24) is 5.06 Å². The first-order chi connectivity index (χ1) is 6.93. The highest BCUT2D eigenvalue weighted by atomic mass is 16.7. The maximum atomic E-state index is 5.36. The summed E-state index contributed by atoms with van der Waals surface area (Å²) in [6.07, 6.45) is 5.05. The van der Waals surface area contributed by atoms with Gasteiger partial charge in [0.25, 0.3) is 0 Å². The smallest absolute Gasteiger partial charge is 0.118 e. The molecule has 2 aliphatic rings. The van der Waals surface area contributed by atoms with E-state index in [1.54, 1.807) is 6.26 Å². The van der Waals surface area contributed by atoms with Crippen LogP contribution in [0.4, 0.5) is 5.69 Å². The van der Waals surface area contributed by atoms with E-state index in [9.17, 15) is 0 Å². The molecule has 0 aliphatic carbocycles. The molecule has 0 aromatic heterocycles. The summed E-state index contributed by atoms with van der Waals surface area (Å²) in [5, 5.41) is 5.40. The summed E-state index contributed by atoms with van der Waals surface area (Å²) in [5.74, 6) is 0. The van der Waals surface area contributed by atoms with Crippen molar-refractivity contribution in [2.24, 2.45) is 0 Å². The van der Waals surface area contributed by atoms with Crippen LogP contribution < -0.4 is 5.32 Å². The van der Waals surface area contributed by atoms with Gasteiger partial charge < -0.3 is 10.2 Å². The maximum absolute atomic E-state index is 5.36. The van der Waals surface area contributed by atoms with E-state index in [-0.39, 0.29) is 6.17 Å². The van der Waals surface area contributed by atoms with Crippen molar-refractivity contribution in [3.8, 4) is 0 Å². The summed E-state index contributed by atoms with van der Waals surface area (Å²) < 4.78 is 0. The number of anilines is 1. The number of nitrogens with one attached hydrogen (secondary N) is 1. The molecule has 2 heterocycles. The lowest BCUT2D eigenvalue weighted by Crippen LogP contribution is -2.36. The van der Waals surface area contributed by atoms with Gasteiger partial charge in [0.05, 0.1) is 6.54 Å². The van der Waals surface area contributed by atoms with E-state index in [1.807, 2.05) is 11.1 Å². The van der Waals surface area contributed by atoms with Crippen molar-refractivity contribution in [1.29, 1.82) is 0 Å². The third-order valence-corrected chi connectivity index (χ3v) is 2.68. The molecule has 2 aliphatic heterocycles. The molecule has 0 saturated heterocycles. The monoisotopic (exact) mass is 188 g/mol. The summed E-state index contributed by atoms with van der Waals surface area (Å²) in [4.78, 5) is 5.36. The van der Waals surface area contributed by atoms with Gasteiger partial charge in [0.2, 0.25) is 0 Å². The zero-order valence-corrected chi connectivity index (χ0v) is 7.81. The van der Waals surface area contributed by atoms with Crippen LogP contribution in [-0.2, 0) is 11.3 Å². The molecule has 3 heteroatoms. The average molecular weight is 188 g/mol. The van der Waals surface area contributed by atoms with Crippen molar-refractivity contribution in [3.05, 3.63) is 42.2 Å². The van der Waals surface area contributed by atoms with Gasteiger partial charge >= 0.3 is 0 Å². The molecule has 1 atom stereocenters. The van der Waals surface area contributed by atoms with E-state index < -0.39 is 0 Å². The molecule has 3 rings (SSSR count). The summed E-state index contributed by atoms with van der Waals surface area (Å²) in [7, 11) is 0. The Morgan fingerprint density at radius 1 is 1.36 bits per heavy atom. The highest BCUT2D eigenvalue weighted by molar-refractivity contribution is 5.56. The molecular formula is C11H12N2O. The predicted molar refractivity (Wildman–Crippen MR) is 54.5 cm³/mol. The Hall–Kier alpha value is -1.48. The topological polar surface area (TPSA) is 24.5 Å². The molecule has 72 valence electrons. The summed E-state index contributed by atoms with van der Waals surface area (Å²) in [5.41, 5.74) is 2.60. The van der Waals surface area contributed by atoms with E-state index >= 15 is 0 Å². The highest BCUT2D eigenvalue weighted by Crippen LogP contribution is 2.27. The van der Waals surface area contributed by atoms with E-state index in [2.05, 4.69) is 29.6 Å². The molecule has 0 bridgehead atoms. The average Bonchev–Trinajstić information content (AvgIpc) is 2.86. The number of hydrogen-bond acceptors (Lipinski definition) is 3. The van der Waals surface area contributed by atoms with Crippen LogP contribution in [0.25, 0.3) is 0 Å². The standard InChI is InChI=1S/C11H12N2O/c1-2-5-10-9(4-1)8-11(12-10)13-6-3-7-14-13/h1-5,7,11-12H,6,8H2. The fourth-order valence-corrected chi connectivity index (χ4v) is 1.96. The number of fused-ring (bicyclic) bond motifs is 1. The van der Waals surface area contributed by atoms with Crippen molar-refractivity contribution in [3.63, 3.8) is 0 Å². The lowest BCUT2D eigenvalue weighted by atomic mass is 10.1. The fourth-order valence-electron chi connectivity index (χ4n) is 1.96. The lowest BCUT2D eigenvalue weighted by Gasteiger charge is -2.22. The van der Waals surface area contributed by atoms with Gasteiger partial charge in [-0.15, -0.1) is 5.06 Å². The molecule has 0 radical (unpaired) electrons. The Morgan fingerprint density at radius 2 is 2.29 bits per heavy atom. The molecule has 1 aromatic carbocycles. The molecule has 1 N–H and O–H groups in total. The number of hydrogen-bond donors (Lipinski definition) is 1. The minimum atomic E-state index is 0.280. The molecule has 0 spiro atoms. The van der Waals surface area contributed by atoms with Gasteiger partial charge in [-0.1, -0.05) is 18.2 Å². The van der Waals surface area contributed by atoms with Crippen LogP contribution in [0.5, 0.6) is 0 Å². The van der Waals surface area contributed by atoms with Gasteiger partial charge in [-0.3, -0.25) is 0 Å². The zero-order valence-electron chi connectivity index (χ0n) is 7.81. The van der Waals surface area contributed by atoms with Gasteiger partial charge in [0.15, 0.2) is 0 Å². The Labute approximate surface area is 82.9 Å². The number of hydroxylamine groups is 2. The van der Waals surface area contributed by atoms with Crippen molar-refractivity contribution < 1.29 is 4.84 Å². The zero-order chi connectivity index (χ0) is 9.38. The first-order valence-corrected chi connectivity index (χ1v) is 4.86. The van der Waals surface area contributed by atoms with Crippen LogP contribution >= 0.6 is 0 Å². The largest absolute Gasteiger partial charge is 0.412 e. The third-order valence-electron chi connectivity index (χ3n) is 2.68. The molecule has 0 saturated carbocycles. The molecule has 14 heavy (non-hydrogen) atoms. The van der Waals surface area contributed by atoms with Gasteiger partial charge in [-0.2, -0.15) is 0 Å². The summed E-state index contributed by atoms with van der Waals surface area (Å²) in [6.45, 7) is 0.867. The first-order valence-electron chi connectivity index (χ1n) is 4.86. The van der Waals surface area contributed by atoms with Crippen LogP contribution in [0.15, 0.2) is 36.6 Å². The second-order valence-corrected chi connectivity index (χ2v) is 3.60. The highest BCUT2D eigenvalue weighted by Gasteiger charge is 2.27. The SMILES string of the molecule is C1=CON(C2Cc3ccccc3N2)C1. The van der Waals surface area contributed by atoms with Crippen LogP contribution in [0.1, 0.15) is 5.56 Å². The fraction of sp³-hybridized carbons (Fsp3) is 0.273. The van der Waals surface area contributed by atoms with Gasteiger partial charge in [-0.05, 0) is 17.7 Å². The van der Waals surface area contributed by atoms with E-state index in [0.29, 0.717) is 0 Å². The van der Waals surface area contributed by atoms with Gasteiger partial charge in [-0.25, -0.2) is 0 Å². The van der Waals surface area contributed by atoms with E-state index in [0.717, 1.165) is 13.0 Å². The number of rotatable bonds is 1. The molecule has 0 fully saturated rings. The minimum absolute atomic E-state index is 0.280.